The fraction of sp³-hybridized carbons (Fsp3) is 0.300. The Morgan fingerprint density at radius 3 is 2.23 bits per heavy atom. The first-order chi connectivity index (χ1) is 14.7. The summed E-state index contributed by atoms with van der Waals surface area (Å²) < 4.78 is 27.0. The van der Waals surface area contributed by atoms with Gasteiger partial charge in [-0.05, 0) is 55.5 Å². The minimum Gasteiger partial charge on any atom is -0.331 e. The molecule has 3 N–H and O–H groups in total. The molecule has 0 aliphatic carbocycles. The Labute approximate surface area is 192 Å². The van der Waals surface area contributed by atoms with Crippen LogP contribution in [0, 0.1) is 6.92 Å². The lowest BCUT2D eigenvalue weighted by molar-refractivity contribution is -0.123. The predicted molar refractivity (Wildman–Crippen MR) is 125 cm³/mol. The maximum atomic E-state index is 12.8. The van der Waals surface area contributed by atoms with Crippen molar-refractivity contribution >= 4 is 50.5 Å². The van der Waals surface area contributed by atoms with E-state index in [1.807, 2.05) is 11.8 Å². The molecule has 0 radical (unpaired) electrons. The van der Waals surface area contributed by atoms with E-state index in [2.05, 4.69) is 16.2 Å². The second-order valence-corrected chi connectivity index (χ2v) is 9.91. The molecule has 0 atom stereocenters. The summed E-state index contributed by atoms with van der Waals surface area (Å²) in [5.74, 6) is -0.268. The van der Waals surface area contributed by atoms with Crippen LogP contribution in [0.4, 0.5) is 5.69 Å². The molecule has 166 valence electrons. The summed E-state index contributed by atoms with van der Waals surface area (Å²) >= 11 is 11.0. The Morgan fingerprint density at radius 2 is 1.61 bits per heavy atom. The molecular weight excluding hydrogens is 458 g/mol. The monoisotopic (exact) mass is 481 g/mol. The van der Waals surface area contributed by atoms with Crippen LogP contribution >= 0.6 is 23.8 Å². The van der Waals surface area contributed by atoms with Gasteiger partial charge in [0.25, 0.3) is 5.91 Å². The number of hydrogen-bond donors (Lipinski definition) is 3. The van der Waals surface area contributed by atoms with E-state index in [1.165, 1.54) is 4.31 Å². The van der Waals surface area contributed by atoms with Crippen LogP contribution in [0.1, 0.15) is 5.56 Å². The van der Waals surface area contributed by atoms with Gasteiger partial charge in [0, 0.05) is 36.9 Å². The largest absolute Gasteiger partial charge is 0.331 e. The van der Waals surface area contributed by atoms with Gasteiger partial charge in [-0.1, -0.05) is 29.3 Å². The van der Waals surface area contributed by atoms with Crippen LogP contribution in [0.3, 0.4) is 0 Å². The van der Waals surface area contributed by atoms with Gasteiger partial charge in [-0.15, -0.1) is 0 Å². The lowest BCUT2D eigenvalue weighted by Crippen LogP contribution is -2.53. The number of nitrogens with zero attached hydrogens (tertiary/aromatic N) is 2. The van der Waals surface area contributed by atoms with Gasteiger partial charge in [-0.2, -0.15) is 4.31 Å². The first-order valence-corrected chi connectivity index (χ1v) is 11.9. The molecule has 0 aromatic heterocycles. The molecule has 1 aliphatic rings. The summed E-state index contributed by atoms with van der Waals surface area (Å²) in [6, 6.07) is 13.8. The molecule has 1 amide bonds. The van der Waals surface area contributed by atoms with E-state index in [0.29, 0.717) is 31.2 Å². The number of aryl methyl sites for hydroxylation is 1. The number of halogens is 1. The number of thiocarbonyl (C=S) groups is 1. The molecule has 1 aliphatic heterocycles. The van der Waals surface area contributed by atoms with Gasteiger partial charge >= 0.3 is 0 Å². The van der Waals surface area contributed by atoms with Crippen molar-refractivity contribution in [3.63, 3.8) is 0 Å². The SMILES string of the molecule is Cc1ccc(S(=O)(=O)N2CCN(CC(=O)NNC(=S)Nc3ccc(Cl)cc3)CC2)cc1. The van der Waals surface area contributed by atoms with Crippen molar-refractivity contribution in [2.24, 2.45) is 0 Å². The Balaban J connectivity index is 1.42. The van der Waals surface area contributed by atoms with Crippen molar-refractivity contribution in [1.82, 2.24) is 20.1 Å². The summed E-state index contributed by atoms with van der Waals surface area (Å²) in [6.45, 7) is 3.63. The fourth-order valence-electron chi connectivity index (χ4n) is 3.05. The number of amides is 1. The number of piperazine rings is 1. The predicted octanol–water partition coefficient (Wildman–Crippen LogP) is 1.97. The molecule has 1 heterocycles. The molecule has 3 rings (SSSR count). The molecule has 0 unspecified atom stereocenters. The second-order valence-electron chi connectivity index (χ2n) is 7.13. The molecule has 0 spiro atoms. The minimum absolute atomic E-state index is 0.134. The van der Waals surface area contributed by atoms with Crippen LogP contribution < -0.4 is 16.2 Å². The quantitative estimate of drug-likeness (QED) is 0.444. The van der Waals surface area contributed by atoms with Gasteiger partial charge in [0.2, 0.25) is 10.0 Å². The second kappa shape index (κ2) is 10.4. The smallest absolute Gasteiger partial charge is 0.252 e. The van der Waals surface area contributed by atoms with Crippen LogP contribution in [0.5, 0.6) is 0 Å². The molecule has 11 heteroatoms. The van der Waals surface area contributed by atoms with Gasteiger partial charge in [0.15, 0.2) is 5.11 Å². The highest BCUT2D eigenvalue weighted by Crippen LogP contribution is 2.18. The number of hydrazine groups is 1. The molecule has 0 saturated carbocycles. The van der Waals surface area contributed by atoms with E-state index in [4.69, 9.17) is 23.8 Å². The third-order valence-electron chi connectivity index (χ3n) is 4.77. The molecule has 0 bridgehead atoms. The van der Waals surface area contributed by atoms with Gasteiger partial charge in [0.1, 0.15) is 0 Å². The fourth-order valence-corrected chi connectivity index (χ4v) is 4.77. The van der Waals surface area contributed by atoms with E-state index in [9.17, 15) is 13.2 Å². The average molecular weight is 482 g/mol. The highest BCUT2D eigenvalue weighted by atomic mass is 35.5. The lowest BCUT2D eigenvalue weighted by atomic mass is 10.2. The van der Waals surface area contributed by atoms with Gasteiger partial charge in [-0.25, -0.2) is 8.42 Å². The van der Waals surface area contributed by atoms with E-state index in [1.54, 1.807) is 48.5 Å². The topological polar surface area (TPSA) is 93.8 Å². The van der Waals surface area contributed by atoms with Gasteiger partial charge in [-0.3, -0.25) is 20.5 Å². The molecular formula is C20H24ClN5O3S2. The maximum absolute atomic E-state index is 12.8. The van der Waals surface area contributed by atoms with Crippen molar-refractivity contribution in [1.29, 1.82) is 0 Å². The van der Waals surface area contributed by atoms with Crippen molar-refractivity contribution in [3.05, 3.63) is 59.1 Å². The number of sulfonamides is 1. The molecule has 2 aromatic rings. The first-order valence-electron chi connectivity index (χ1n) is 9.64. The third-order valence-corrected chi connectivity index (χ3v) is 7.14. The maximum Gasteiger partial charge on any atom is 0.252 e. The summed E-state index contributed by atoms with van der Waals surface area (Å²) in [6.07, 6.45) is 0. The lowest BCUT2D eigenvalue weighted by Gasteiger charge is -2.33. The standard InChI is InChI=1S/C20H24ClN5O3S2/c1-15-2-8-18(9-3-15)31(28,29)26-12-10-25(11-13-26)14-19(27)23-24-20(30)22-17-6-4-16(21)5-7-17/h2-9H,10-14H2,1H3,(H,23,27)(H2,22,24,30). The van der Waals surface area contributed by atoms with Crippen LogP contribution in [-0.2, 0) is 14.8 Å². The Kier molecular flexibility index (Phi) is 7.84. The Hall–Kier alpha value is -2.24. The van der Waals surface area contributed by atoms with E-state index in [-0.39, 0.29) is 22.5 Å². The number of carbonyl (C=O) groups is 1. The van der Waals surface area contributed by atoms with Gasteiger partial charge < -0.3 is 5.32 Å². The number of nitrogens with one attached hydrogen (secondary N) is 3. The number of hydrogen-bond acceptors (Lipinski definition) is 5. The van der Waals surface area contributed by atoms with Crippen molar-refractivity contribution in [2.75, 3.05) is 38.0 Å². The van der Waals surface area contributed by atoms with E-state index < -0.39 is 10.0 Å². The number of rotatable bonds is 5. The highest BCUT2D eigenvalue weighted by Gasteiger charge is 2.28. The van der Waals surface area contributed by atoms with E-state index >= 15 is 0 Å². The normalized spacial score (nSPS) is 15.3. The third kappa shape index (κ3) is 6.62. The number of benzene rings is 2. The molecule has 31 heavy (non-hydrogen) atoms. The summed E-state index contributed by atoms with van der Waals surface area (Å²) in [5, 5.41) is 3.79. The van der Waals surface area contributed by atoms with Gasteiger partial charge in [0.05, 0.1) is 11.4 Å². The zero-order chi connectivity index (χ0) is 22.4. The highest BCUT2D eigenvalue weighted by molar-refractivity contribution is 7.89. The van der Waals surface area contributed by atoms with Crippen molar-refractivity contribution in [2.45, 2.75) is 11.8 Å². The Morgan fingerprint density at radius 1 is 1.00 bits per heavy atom. The molecule has 1 saturated heterocycles. The minimum atomic E-state index is -3.52. The Bertz CT molecular complexity index is 1020. The molecule has 2 aromatic carbocycles. The molecule has 1 fully saturated rings. The van der Waals surface area contributed by atoms with Crippen LogP contribution in [0.2, 0.25) is 5.02 Å². The van der Waals surface area contributed by atoms with E-state index in [0.717, 1.165) is 11.3 Å². The van der Waals surface area contributed by atoms with Crippen LogP contribution in [-0.4, -0.2) is 61.4 Å². The van der Waals surface area contributed by atoms with Crippen molar-refractivity contribution in [3.8, 4) is 0 Å². The van der Waals surface area contributed by atoms with Crippen LogP contribution in [0.25, 0.3) is 0 Å². The molecule has 8 nitrogen and oxygen atoms in total. The summed E-state index contributed by atoms with van der Waals surface area (Å²) in [4.78, 5) is 14.4. The zero-order valence-corrected chi connectivity index (χ0v) is 19.4. The summed E-state index contributed by atoms with van der Waals surface area (Å²) in [5.41, 5.74) is 6.93. The zero-order valence-electron chi connectivity index (χ0n) is 17.0. The average Bonchev–Trinajstić information content (AvgIpc) is 2.75. The van der Waals surface area contributed by atoms with Crippen molar-refractivity contribution < 1.29 is 13.2 Å². The number of anilines is 1. The summed E-state index contributed by atoms with van der Waals surface area (Å²) in [7, 11) is -3.52. The van der Waals surface area contributed by atoms with Crippen LogP contribution in [0.15, 0.2) is 53.4 Å². The first kappa shape index (κ1) is 23.4. The number of carbonyl (C=O) groups excluding carboxylic acids is 1.